The van der Waals surface area contributed by atoms with Crippen molar-refractivity contribution in [3.05, 3.63) is 41.2 Å². The van der Waals surface area contributed by atoms with Crippen LogP contribution >= 0.6 is 11.6 Å². The molecule has 1 atom stereocenters. The predicted molar refractivity (Wildman–Crippen MR) is 82.6 cm³/mol. The molecular formula is C15H18ClN5O. The number of hydrogen-bond acceptors (Lipinski definition) is 4. The van der Waals surface area contributed by atoms with Gasteiger partial charge in [0, 0.05) is 25.5 Å². The molecule has 1 aliphatic heterocycles. The third kappa shape index (κ3) is 2.83. The van der Waals surface area contributed by atoms with E-state index in [-0.39, 0.29) is 11.9 Å². The van der Waals surface area contributed by atoms with Crippen LogP contribution in [-0.4, -0.2) is 37.1 Å². The minimum atomic E-state index is -0.124. The van der Waals surface area contributed by atoms with Gasteiger partial charge in [0.2, 0.25) is 0 Å². The van der Waals surface area contributed by atoms with Crippen LogP contribution in [0, 0.1) is 0 Å². The van der Waals surface area contributed by atoms with Crippen molar-refractivity contribution < 1.29 is 4.79 Å². The molecule has 0 unspecified atom stereocenters. The number of carbonyl (C=O) groups excluding carboxylic acids is 1. The van der Waals surface area contributed by atoms with Crippen LogP contribution in [0.25, 0.3) is 0 Å². The lowest BCUT2D eigenvalue weighted by atomic mass is 10.1. The normalized spacial score (nSPS) is 17.9. The predicted octanol–water partition coefficient (Wildman–Crippen LogP) is 2.71. The van der Waals surface area contributed by atoms with Gasteiger partial charge in [-0.2, -0.15) is 5.10 Å². The number of aromatic nitrogens is 4. The Bertz CT molecular complexity index is 657. The van der Waals surface area contributed by atoms with E-state index in [9.17, 15) is 4.79 Å². The van der Waals surface area contributed by atoms with Gasteiger partial charge in [-0.25, -0.2) is 9.97 Å². The zero-order chi connectivity index (χ0) is 15.5. The molecule has 1 aliphatic rings. The summed E-state index contributed by atoms with van der Waals surface area (Å²) in [6.45, 7) is 3.51. The van der Waals surface area contributed by atoms with Gasteiger partial charge in [0.25, 0.3) is 5.91 Å². The maximum absolute atomic E-state index is 12.8. The summed E-state index contributed by atoms with van der Waals surface area (Å²) in [6.07, 6.45) is 7.72. The number of carbonyl (C=O) groups is 1. The van der Waals surface area contributed by atoms with Crippen molar-refractivity contribution in [2.45, 2.75) is 38.8 Å². The van der Waals surface area contributed by atoms with Gasteiger partial charge in [-0.05, 0) is 25.3 Å². The molecule has 0 aromatic carbocycles. The molecule has 0 spiro atoms. The highest BCUT2D eigenvalue weighted by Crippen LogP contribution is 2.32. The first-order valence-corrected chi connectivity index (χ1v) is 7.88. The van der Waals surface area contributed by atoms with E-state index in [0.29, 0.717) is 17.3 Å². The molecule has 1 amide bonds. The summed E-state index contributed by atoms with van der Waals surface area (Å²) < 4.78 is 1.73. The third-order valence-electron chi connectivity index (χ3n) is 3.83. The van der Waals surface area contributed by atoms with Gasteiger partial charge < -0.3 is 4.90 Å². The standard InChI is InChI=1S/C15H18ClN5O/c1-2-7-20-9-11(16)14(19-20)15(22)21-8-3-4-13(21)12-5-6-17-10-18-12/h5-6,9-10,13H,2-4,7-8H2,1H3/t13-/m0/s1. The van der Waals surface area contributed by atoms with Crippen LogP contribution in [-0.2, 0) is 6.54 Å². The number of rotatable bonds is 4. The average Bonchev–Trinajstić information content (AvgIpc) is 3.15. The van der Waals surface area contributed by atoms with Crippen LogP contribution in [0.4, 0.5) is 0 Å². The van der Waals surface area contributed by atoms with Crippen molar-refractivity contribution in [3.63, 3.8) is 0 Å². The fraction of sp³-hybridized carbons (Fsp3) is 0.467. The van der Waals surface area contributed by atoms with E-state index < -0.39 is 0 Å². The van der Waals surface area contributed by atoms with E-state index in [0.717, 1.165) is 31.5 Å². The average molecular weight is 320 g/mol. The molecule has 1 saturated heterocycles. The summed E-state index contributed by atoms with van der Waals surface area (Å²) >= 11 is 6.19. The molecule has 0 N–H and O–H groups in total. The largest absolute Gasteiger partial charge is 0.329 e. The SMILES string of the molecule is CCCn1cc(Cl)c(C(=O)N2CCC[C@H]2c2ccncn2)n1. The number of hydrogen-bond donors (Lipinski definition) is 0. The molecule has 0 saturated carbocycles. The Hall–Kier alpha value is -1.95. The molecule has 2 aromatic rings. The number of amides is 1. The summed E-state index contributed by atoms with van der Waals surface area (Å²) in [5.41, 5.74) is 1.20. The molecular weight excluding hydrogens is 302 g/mol. The Labute approximate surface area is 134 Å². The molecule has 0 bridgehead atoms. The molecule has 22 heavy (non-hydrogen) atoms. The fourth-order valence-corrected chi connectivity index (χ4v) is 3.07. The van der Waals surface area contributed by atoms with Crippen molar-refractivity contribution in [3.8, 4) is 0 Å². The van der Waals surface area contributed by atoms with Crippen molar-refractivity contribution in [1.82, 2.24) is 24.6 Å². The third-order valence-corrected chi connectivity index (χ3v) is 4.11. The Morgan fingerprint density at radius 1 is 1.50 bits per heavy atom. The lowest BCUT2D eigenvalue weighted by Gasteiger charge is -2.23. The maximum Gasteiger partial charge on any atom is 0.276 e. The Morgan fingerprint density at radius 3 is 3.09 bits per heavy atom. The van der Waals surface area contributed by atoms with E-state index in [4.69, 9.17) is 11.6 Å². The molecule has 1 fully saturated rings. The first-order chi connectivity index (χ1) is 10.7. The lowest BCUT2D eigenvalue weighted by Crippen LogP contribution is -2.31. The fourth-order valence-electron chi connectivity index (χ4n) is 2.84. The van der Waals surface area contributed by atoms with Crippen LogP contribution in [0.2, 0.25) is 5.02 Å². The number of aryl methyl sites for hydroxylation is 1. The summed E-state index contributed by atoms with van der Waals surface area (Å²) in [5.74, 6) is -0.124. The van der Waals surface area contributed by atoms with Gasteiger partial charge in [-0.1, -0.05) is 18.5 Å². The van der Waals surface area contributed by atoms with Crippen molar-refractivity contribution >= 4 is 17.5 Å². The quantitative estimate of drug-likeness (QED) is 0.869. The number of halogens is 1. The van der Waals surface area contributed by atoms with E-state index >= 15 is 0 Å². The highest BCUT2D eigenvalue weighted by atomic mass is 35.5. The highest BCUT2D eigenvalue weighted by molar-refractivity contribution is 6.33. The van der Waals surface area contributed by atoms with Crippen molar-refractivity contribution in [2.75, 3.05) is 6.54 Å². The maximum atomic E-state index is 12.8. The number of nitrogens with zero attached hydrogens (tertiary/aromatic N) is 5. The van der Waals surface area contributed by atoms with Crippen molar-refractivity contribution in [1.29, 1.82) is 0 Å². The van der Waals surface area contributed by atoms with Crippen molar-refractivity contribution in [2.24, 2.45) is 0 Å². The Morgan fingerprint density at radius 2 is 2.36 bits per heavy atom. The minimum absolute atomic E-state index is 0.0251. The van der Waals surface area contributed by atoms with Gasteiger partial charge in [-0.3, -0.25) is 9.48 Å². The van der Waals surface area contributed by atoms with E-state index in [1.54, 1.807) is 17.1 Å². The lowest BCUT2D eigenvalue weighted by molar-refractivity contribution is 0.0726. The molecule has 7 heteroatoms. The molecule has 0 aliphatic carbocycles. The molecule has 0 radical (unpaired) electrons. The smallest absolute Gasteiger partial charge is 0.276 e. The minimum Gasteiger partial charge on any atom is -0.329 e. The molecule has 3 heterocycles. The van der Waals surface area contributed by atoms with Gasteiger partial charge in [-0.15, -0.1) is 0 Å². The van der Waals surface area contributed by atoms with Crippen LogP contribution < -0.4 is 0 Å². The van der Waals surface area contributed by atoms with Gasteiger partial charge in [0.1, 0.15) is 6.33 Å². The Kier molecular flexibility index (Phi) is 4.38. The molecule has 2 aromatic heterocycles. The zero-order valence-electron chi connectivity index (χ0n) is 12.4. The number of likely N-dealkylation sites (tertiary alicyclic amines) is 1. The van der Waals surface area contributed by atoms with Crippen LogP contribution in [0.15, 0.2) is 24.8 Å². The highest BCUT2D eigenvalue weighted by Gasteiger charge is 2.33. The summed E-state index contributed by atoms with van der Waals surface area (Å²) in [4.78, 5) is 22.8. The molecule has 116 valence electrons. The summed E-state index contributed by atoms with van der Waals surface area (Å²) in [7, 11) is 0. The second-order valence-electron chi connectivity index (χ2n) is 5.38. The zero-order valence-corrected chi connectivity index (χ0v) is 13.2. The second-order valence-corrected chi connectivity index (χ2v) is 5.79. The van der Waals surface area contributed by atoms with Crippen LogP contribution in [0.3, 0.4) is 0 Å². The van der Waals surface area contributed by atoms with Crippen LogP contribution in [0.1, 0.15) is 48.4 Å². The van der Waals surface area contributed by atoms with E-state index in [1.165, 1.54) is 6.33 Å². The van der Waals surface area contributed by atoms with Gasteiger partial charge in [0.05, 0.1) is 16.8 Å². The summed E-state index contributed by atoms with van der Waals surface area (Å²) in [6, 6.07) is 1.83. The monoisotopic (exact) mass is 319 g/mol. The van der Waals surface area contributed by atoms with E-state index in [2.05, 4.69) is 22.0 Å². The molecule has 3 rings (SSSR count). The van der Waals surface area contributed by atoms with Gasteiger partial charge in [0.15, 0.2) is 5.69 Å². The second kappa shape index (κ2) is 6.44. The Balaban J connectivity index is 1.85. The van der Waals surface area contributed by atoms with Crippen LogP contribution in [0.5, 0.6) is 0 Å². The first kappa shape index (κ1) is 15.0. The van der Waals surface area contributed by atoms with E-state index in [1.807, 2.05) is 11.0 Å². The summed E-state index contributed by atoms with van der Waals surface area (Å²) in [5, 5.41) is 4.74. The topological polar surface area (TPSA) is 63.9 Å². The first-order valence-electron chi connectivity index (χ1n) is 7.50. The van der Waals surface area contributed by atoms with Gasteiger partial charge >= 0.3 is 0 Å². The molecule has 6 nitrogen and oxygen atoms in total.